The van der Waals surface area contributed by atoms with E-state index in [0.29, 0.717) is 28.0 Å². The molecule has 2 N–H and O–H groups in total. The van der Waals surface area contributed by atoms with Gasteiger partial charge in [-0.15, -0.1) is 0 Å². The number of halogens is 1. The topological polar surface area (TPSA) is 80.0 Å². The van der Waals surface area contributed by atoms with Crippen molar-refractivity contribution in [2.75, 3.05) is 12.4 Å². The van der Waals surface area contributed by atoms with E-state index in [2.05, 4.69) is 20.8 Å². The van der Waals surface area contributed by atoms with Crippen LogP contribution >= 0.6 is 11.6 Å². The maximum Gasteiger partial charge on any atom is 0.253 e. The number of rotatable bonds is 4. The fourth-order valence-corrected chi connectivity index (χ4v) is 1.76. The first-order valence-corrected chi connectivity index (χ1v) is 6.02. The van der Waals surface area contributed by atoms with Crippen molar-refractivity contribution in [1.82, 2.24) is 15.5 Å². The second kappa shape index (κ2) is 5.71. The Hall–Kier alpha value is -2.08. The molecule has 0 spiro atoms. The quantitative estimate of drug-likeness (QED) is 0.895. The van der Waals surface area contributed by atoms with E-state index < -0.39 is 0 Å². The average Bonchev–Trinajstić information content (AvgIpc) is 2.81. The summed E-state index contributed by atoms with van der Waals surface area (Å²) in [4.78, 5) is 16.1. The van der Waals surface area contributed by atoms with Gasteiger partial charge in [-0.25, -0.2) is 0 Å². The molecule has 1 aromatic carbocycles. The Morgan fingerprint density at radius 1 is 1.47 bits per heavy atom. The minimum absolute atomic E-state index is 0.176. The van der Waals surface area contributed by atoms with E-state index in [-0.39, 0.29) is 12.5 Å². The molecule has 0 unspecified atom stereocenters. The Morgan fingerprint density at radius 3 is 2.89 bits per heavy atom. The average molecular weight is 281 g/mol. The van der Waals surface area contributed by atoms with Crippen LogP contribution in [-0.2, 0) is 6.54 Å². The maximum atomic E-state index is 12.1. The van der Waals surface area contributed by atoms with Crippen molar-refractivity contribution in [2.24, 2.45) is 0 Å². The molecule has 0 saturated heterocycles. The van der Waals surface area contributed by atoms with Crippen molar-refractivity contribution in [1.29, 1.82) is 0 Å². The lowest BCUT2D eigenvalue weighted by atomic mass is 10.1. The van der Waals surface area contributed by atoms with Crippen LogP contribution in [0.3, 0.4) is 0 Å². The Morgan fingerprint density at radius 2 is 2.26 bits per heavy atom. The molecule has 0 radical (unpaired) electrons. The van der Waals surface area contributed by atoms with E-state index in [4.69, 9.17) is 16.1 Å². The number of aryl methyl sites for hydroxylation is 1. The molecule has 100 valence electrons. The smallest absolute Gasteiger partial charge is 0.253 e. The minimum atomic E-state index is -0.261. The largest absolute Gasteiger partial charge is 0.387 e. The molecular formula is C12H13ClN4O2. The minimum Gasteiger partial charge on any atom is -0.387 e. The summed E-state index contributed by atoms with van der Waals surface area (Å²) in [7, 11) is 1.74. The van der Waals surface area contributed by atoms with Crippen LogP contribution in [0.1, 0.15) is 22.1 Å². The van der Waals surface area contributed by atoms with Crippen LogP contribution in [0, 0.1) is 6.92 Å². The first kappa shape index (κ1) is 13.4. The summed E-state index contributed by atoms with van der Waals surface area (Å²) < 4.78 is 4.91. The standard InChI is InChI=1S/C12H13ClN4O2/c1-7-16-11(19-17-7)6-15-12(18)9-5-8(13)3-4-10(9)14-2/h3-5,14H,6H2,1-2H3,(H,15,18). The highest BCUT2D eigenvalue weighted by molar-refractivity contribution is 6.31. The summed E-state index contributed by atoms with van der Waals surface area (Å²) in [5.74, 6) is 0.629. The number of benzene rings is 1. The zero-order valence-corrected chi connectivity index (χ0v) is 11.3. The van der Waals surface area contributed by atoms with Gasteiger partial charge in [0.05, 0.1) is 12.1 Å². The Balaban J connectivity index is 2.09. The van der Waals surface area contributed by atoms with Crippen molar-refractivity contribution in [2.45, 2.75) is 13.5 Å². The Labute approximate surface area is 115 Å². The third kappa shape index (κ3) is 3.23. The van der Waals surface area contributed by atoms with Gasteiger partial charge >= 0.3 is 0 Å². The zero-order valence-electron chi connectivity index (χ0n) is 10.5. The Bertz CT molecular complexity index is 597. The van der Waals surface area contributed by atoms with Crippen molar-refractivity contribution >= 4 is 23.2 Å². The number of hydrogen-bond acceptors (Lipinski definition) is 5. The first-order chi connectivity index (χ1) is 9.10. The summed E-state index contributed by atoms with van der Waals surface area (Å²) >= 11 is 5.89. The van der Waals surface area contributed by atoms with Gasteiger partial charge in [0, 0.05) is 17.8 Å². The van der Waals surface area contributed by atoms with Crippen LogP contribution in [0.25, 0.3) is 0 Å². The number of anilines is 1. The van der Waals surface area contributed by atoms with Crippen molar-refractivity contribution in [3.8, 4) is 0 Å². The van der Waals surface area contributed by atoms with E-state index in [1.165, 1.54) is 0 Å². The normalized spacial score (nSPS) is 10.3. The number of amides is 1. The predicted octanol–water partition coefficient (Wildman–Crippen LogP) is 2.00. The molecule has 2 rings (SSSR count). The first-order valence-electron chi connectivity index (χ1n) is 5.65. The maximum absolute atomic E-state index is 12.1. The van der Waals surface area contributed by atoms with Gasteiger partial charge < -0.3 is 15.2 Å². The molecule has 0 saturated carbocycles. The zero-order chi connectivity index (χ0) is 13.8. The molecule has 0 fully saturated rings. The third-order valence-electron chi connectivity index (χ3n) is 2.47. The predicted molar refractivity (Wildman–Crippen MR) is 71.2 cm³/mol. The summed E-state index contributed by atoms with van der Waals surface area (Å²) in [5, 5.41) is 9.77. The highest BCUT2D eigenvalue weighted by Crippen LogP contribution is 2.20. The number of aromatic nitrogens is 2. The lowest BCUT2D eigenvalue weighted by molar-refractivity contribution is 0.0947. The molecule has 7 heteroatoms. The van der Waals surface area contributed by atoms with Crippen LogP contribution in [0.15, 0.2) is 22.7 Å². The molecule has 0 bridgehead atoms. The molecule has 0 aliphatic heterocycles. The highest BCUT2D eigenvalue weighted by atomic mass is 35.5. The fourth-order valence-electron chi connectivity index (χ4n) is 1.59. The van der Waals surface area contributed by atoms with E-state index in [1.54, 1.807) is 32.2 Å². The van der Waals surface area contributed by atoms with Crippen LogP contribution in [-0.4, -0.2) is 23.1 Å². The Kier molecular flexibility index (Phi) is 4.01. The highest BCUT2D eigenvalue weighted by Gasteiger charge is 2.12. The number of nitrogens with one attached hydrogen (secondary N) is 2. The van der Waals surface area contributed by atoms with Gasteiger partial charge in [0.15, 0.2) is 5.82 Å². The fraction of sp³-hybridized carbons (Fsp3) is 0.250. The molecule has 0 aliphatic carbocycles. The van der Waals surface area contributed by atoms with Gasteiger partial charge in [0.25, 0.3) is 5.91 Å². The van der Waals surface area contributed by atoms with E-state index in [1.807, 2.05) is 0 Å². The SMILES string of the molecule is CNc1ccc(Cl)cc1C(=O)NCc1nc(C)no1. The van der Waals surface area contributed by atoms with Crippen molar-refractivity contribution < 1.29 is 9.32 Å². The second-order valence-electron chi connectivity index (χ2n) is 3.86. The monoisotopic (exact) mass is 280 g/mol. The number of carbonyl (C=O) groups excluding carboxylic acids is 1. The summed E-state index contributed by atoms with van der Waals surface area (Å²) in [6.45, 7) is 1.89. The number of carbonyl (C=O) groups is 1. The summed E-state index contributed by atoms with van der Waals surface area (Å²) in [6.07, 6.45) is 0. The molecule has 0 atom stereocenters. The summed E-state index contributed by atoms with van der Waals surface area (Å²) in [6, 6.07) is 5.06. The third-order valence-corrected chi connectivity index (χ3v) is 2.70. The number of hydrogen-bond donors (Lipinski definition) is 2. The molecule has 1 heterocycles. The molecule has 6 nitrogen and oxygen atoms in total. The molecule has 0 aliphatic rings. The van der Waals surface area contributed by atoms with Crippen LogP contribution in [0.4, 0.5) is 5.69 Å². The van der Waals surface area contributed by atoms with Gasteiger partial charge in [-0.3, -0.25) is 4.79 Å². The lowest BCUT2D eigenvalue weighted by Crippen LogP contribution is -2.23. The number of nitrogens with zero attached hydrogens (tertiary/aromatic N) is 2. The molecule has 1 aromatic heterocycles. The molecule has 1 amide bonds. The summed E-state index contributed by atoms with van der Waals surface area (Å²) in [5.41, 5.74) is 1.16. The van der Waals surface area contributed by atoms with E-state index >= 15 is 0 Å². The van der Waals surface area contributed by atoms with Crippen LogP contribution in [0.2, 0.25) is 5.02 Å². The molecule has 19 heavy (non-hydrogen) atoms. The molecule has 2 aromatic rings. The van der Waals surface area contributed by atoms with Gasteiger partial charge in [-0.2, -0.15) is 4.98 Å². The van der Waals surface area contributed by atoms with E-state index in [0.717, 1.165) is 0 Å². The van der Waals surface area contributed by atoms with Crippen LogP contribution < -0.4 is 10.6 Å². The van der Waals surface area contributed by atoms with E-state index in [9.17, 15) is 4.79 Å². The van der Waals surface area contributed by atoms with Crippen molar-refractivity contribution in [3.05, 3.63) is 40.5 Å². The van der Waals surface area contributed by atoms with Gasteiger partial charge in [0.1, 0.15) is 0 Å². The second-order valence-corrected chi connectivity index (χ2v) is 4.29. The van der Waals surface area contributed by atoms with Gasteiger partial charge in [0.2, 0.25) is 5.89 Å². The van der Waals surface area contributed by atoms with Gasteiger partial charge in [-0.1, -0.05) is 16.8 Å². The molecular weight excluding hydrogens is 268 g/mol. The van der Waals surface area contributed by atoms with Crippen LogP contribution in [0.5, 0.6) is 0 Å². The van der Waals surface area contributed by atoms with Gasteiger partial charge in [-0.05, 0) is 25.1 Å². The van der Waals surface area contributed by atoms with Crippen molar-refractivity contribution in [3.63, 3.8) is 0 Å². The lowest BCUT2D eigenvalue weighted by Gasteiger charge is -2.09.